The average molecular weight is 481 g/mol. The predicted molar refractivity (Wildman–Crippen MR) is 113 cm³/mol. The van der Waals surface area contributed by atoms with Crippen LogP contribution in [0.5, 0.6) is 11.5 Å². The first-order chi connectivity index (χ1) is 12.9. The van der Waals surface area contributed by atoms with Gasteiger partial charge in [0.15, 0.2) is 0 Å². The number of carbonyl (C=O) groups excluding carboxylic acids is 2. The van der Waals surface area contributed by atoms with Crippen molar-refractivity contribution in [1.29, 1.82) is 0 Å². The van der Waals surface area contributed by atoms with Gasteiger partial charge >= 0.3 is 0 Å². The summed E-state index contributed by atoms with van der Waals surface area (Å²) in [7, 11) is 3.00. The predicted octanol–water partition coefficient (Wildman–Crippen LogP) is 3.44. The molecule has 0 bridgehead atoms. The minimum absolute atomic E-state index is 0.0615. The second-order valence-corrected chi connectivity index (χ2v) is 6.83. The zero-order valence-corrected chi connectivity index (χ0v) is 17.4. The molecule has 27 heavy (non-hydrogen) atoms. The van der Waals surface area contributed by atoms with Crippen LogP contribution < -0.4 is 20.2 Å². The summed E-state index contributed by atoms with van der Waals surface area (Å²) in [6, 6.07) is 12.3. The van der Waals surface area contributed by atoms with Crippen molar-refractivity contribution in [3.05, 3.63) is 51.6 Å². The van der Waals surface area contributed by atoms with Crippen molar-refractivity contribution < 1.29 is 19.1 Å². The second kappa shape index (κ2) is 9.91. The minimum Gasteiger partial charge on any atom is -0.497 e. The van der Waals surface area contributed by atoms with E-state index >= 15 is 0 Å². The number of benzene rings is 2. The molecule has 7 nitrogen and oxygen atoms in total. The van der Waals surface area contributed by atoms with Gasteiger partial charge < -0.3 is 14.8 Å². The smallest absolute Gasteiger partial charge is 0.275 e. The van der Waals surface area contributed by atoms with Gasteiger partial charge in [-0.2, -0.15) is 5.10 Å². The molecule has 0 unspecified atom stereocenters. The van der Waals surface area contributed by atoms with Crippen LogP contribution in [0.2, 0.25) is 0 Å². The highest BCUT2D eigenvalue weighted by molar-refractivity contribution is 14.1. The summed E-state index contributed by atoms with van der Waals surface area (Å²) in [4.78, 5) is 24.3. The number of halogens is 1. The fourth-order valence-corrected chi connectivity index (χ4v) is 2.56. The lowest BCUT2D eigenvalue weighted by Gasteiger charge is -2.09. The van der Waals surface area contributed by atoms with Gasteiger partial charge in [-0.15, -0.1) is 0 Å². The number of nitrogens with one attached hydrogen (secondary N) is 2. The first-order valence-corrected chi connectivity index (χ1v) is 9.11. The number of rotatable bonds is 7. The number of nitrogens with zero attached hydrogens (tertiary/aromatic N) is 1. The van der Waals surface area contributed by atoms with E-state index in [2.05, 4.69) is 38.4 Å². The van der Waals surface area contributed by atoms with Crippen molar-refractivity contribution in [3.63, 3.8) is 0 Å². The largest absolute Gasteiger partial charge is 0.497 e. The van der Waals surface area contributed by atoms with E-state index in [1.54, 1.807) is 25.1 Å². The molecular weight excluding hydrogens is 461 g/mol. The Kier molecular flexibility index (Phi) is 7.59. The van der Waals surface area contributed by atoms with Crippen LogP contribution >= 0.6 is 22.6 Å². The first-order valence-electron chi connectivity index (χ1n) is 8.04. The number of anilines is 1. The van der Waals surface area contributed by atoms with Gasteiger partial charge in [-0.3, -0.25) is 9.59 Å². The van der Waals surface area contributed by atoms with Crippen molar-refractivity contribution in [2.24, 2.45) is 5.10 Å². The van der Waals surface area contributed by atoms with Crippen LogP contribution in [0.3, 0.4) is 0 Å². The zero-order valence-electron chi connectivity index (χ0n) is 15.2. The van der Waals surface area contributed by atoms with Crippen LogP contribution in [0.4, 0.5) is 5.69 Å². The summed E-state index contributed by atoms with van der Waals surface area (Å²) in [5.41, 5.74) is 3.93. The summed E-state index contributed by atoms with van der Waals surface area (Å²) in [6.07, 6.45) is 0.0615. The molecule has 0 fully saturated rings. The number of ether oxygens (including phenoxy) is 2. The summed E-state index contributed by atoms with van der Waals surface area (Å²) in [5.74, 6) is 0.298. The van der Waals surface area contributed by atoms with Gasteiger partial charge in [0.25, 0.3) is 5.91 Å². The van der Waals surface area contributed by atoms with Gasteiger partial charge in [-0.25, -0.2) is 5.43 Å². The summed E-state index contributed by atoms with van der Waals surface area (Å²) in [5, 5.41) is 6.76. The Labute approximate surface area is 171 Å². The van der Waals surface area contributed by atoms with Gasteiger partial charge in [0.2, 0.25) is 5.91 Å². The third-order valence-electron chi connectivity index (χ3n) is 3.55. The Hall–Kier alpha value is -2.62. The number of methoxy groups -OCH3 is 2. The standard InChI is InChI=1S/C19H20IN3O4/c1-12(10-18(24)21-14-6-4-13(20)5-7-14)22-23-19(25)16-9-8-15(26-2)11-17(16)27-3/h4-9,11H,10H2,1-3H3,(H,21,24)(H,23,25). The second-order valence-electron chi connectivity index (χ2n) is 5.59. The van der Waals surface area contributed by atoms with Crippen LogP contribution in [0.1, 0.15) is 23.7 Å². The van der Waals surface area contributed by atoms with Crippen molar-refractivity contribution >= 4 is 45.8 Å². The molecule has 2 N–H and O–H groups in total. The third-order valence-corrected chi connectivity index (χ3v) is 4.27. The first kappa shape index (κ1) is 20.7. The Morgan fingerprint density at radius 1 is 1.07 bits per heavy atom. The SMILES string of the molecule is COc1ccc(C(=O)NN=C(C)CC(=O)Nc2ccc(I)cc2)c(OC)c1. The van der Waals surface area contributed by atoms with E-state index < -0.39 is 5.91 Å². The molecule has 0 aromatic heterocycles. The summed E-state index contributed by atoms with van der Waals surface area (Å²) in [6.45, 7) is 1.67. The summed E-state index contributed by atoms with van der Waals surface area (Å²) < 4.78 is 11.4. The molecule has 0 aliphatic carbocycles. The molecule has 142 valence electrons. The van der Waals surface area contributed by atoms with E-state index in [0.717, 1.165) is 3.57 Å². The van der Waals surface area contributed by atoms with Gasteiger partial charge in [-0.1, -0.05) is 0 Å². The molecule has 8 heteroatoms. The van der Waals surface area contributed by atoms with E-state index in [1.807, 2.05) is 24.3 Å². The highest BCUT2D eigenvalue weighted by atomic mass is 127. The van der Waals surface area contributed by atoms with Crippen molar-refractivity contribution in [1.82, 2.24) is 5.43 Å². The molecule has 0 radical (unpaired) electrons. The van der Waals surface area contributed by atoms with Gasteiger partial charge in [-0.05, 0) is 65.9 Å². The Morgan fingerprint density at radius 3 is 2.41 bits per heavy atom. The fraction of sp³-hybridized carbons (Fsp3) is 0.211. The van der Waals surface area contributed by atoms with Crippen molar-refractivity contribution in [2.75, 3.05) is 19.5 Å². The molecule has 0 saturated heterocycles. The molecule has 0 spiro atoms. The molecule has 2 amide bonds. The maximum atomic E-state index is 12.3. The van der Waals surface area contributed by atoms with Crippen molar-refractivity contribution in [2.45, 2.75) is 13.3 Å². The number of hydrogen-bond acceptors (Lipinski definition) is 5. The van der Waals surface area contributed by atoms with Crippen LogP contribution in [-0.2, 0) is 4.79 Å². The van der Waals surface area contributed by atoms with E-state index in [4.69, 9.17) is 9.47 Å². The van der Waals surface area contributed by atoms with E-state index in [1.165, 1.54) is 14.2 Å². The number of hydrogen-bond donors (Lipinski definition) is 2. The van der Waals surface area contributed by atoms with E-state index in [9.17, 15) is 9.59 Å². The average Bonchev–Trinajstić information content (AvgIpc) is 2.67. The Bertz CT molecular complexity index is 851. The number of hydrazone groups is 1. The lowest BCUT2D eigenvalue weighted by atomic mass is 10.2. The topological polar surface area (TPSA) is 89.0 Å². The van der Waals surface area contributed by atoms with Gasteiger partial charge in [0.05, 0.1) is 26.2 Å². The zero-order chi connectivity index (χ0) is 19.8. The fourth-order valence-electron chi connectivity index (χ4n) is 2.20. The molecule has 0 aliphatic rings. The molecule has 2 aromatic rings. The minimum atomic E-state index is -0.438. The molecule has 0 saturated carbocycles. The molecule has 2 rings (SSSR count). The maximum absolute atomic E-state index is 12.3. The van der Waals surface area contributed by atoms with Crippen molar-refractivity contribution in [3.8, 4) is 11.5 Å². The highest BCUT2D eigenvalue weighted by Crippen LogP contribution is 2.24. The molecule has 0 aliphatic heterocycles. The lowest BCUT2D eigenvalue weighted by molar-refractivity contribution is -0.115. The van der Waals surface area contributed by atoms with Crippen LogP contribution in [0, 0.1) is 3.57 Å². The molecule has 0 atom stereocenters. The summed E-state index contributed by atoms with van der Waals surface area (Å²) >= 11 is 2.19. The van der Waals surface area contributed by atoms with E-state index in [-0.39, 0.29) is 12.3 Å². The van der Waals surface area contributed by atoms with Gasteiger partial charge in [0, 0.05) is 21.0 Å². The normalized spacial score (nSPS) is 10.9. The number of amides is 2. The molecule has 2 aromatic carbocycles. The quantitative estimate of drug-likeness (QED) is 0.360. The van der Waals surface area contributed by atoms with E-state index in [0.29, 0.717) is 28.5 Å². The van der Waals surface area contributed by atoms with Crippen LogP contribution in [0.15, 0.2) is 47.6 Å². The van der Waals surface area contributed by atoms with Gasteiger partial charge in [0.1, 0.15) is 11.5 Å². The Balaban J connectivity index is 1.95. The highest BCUT2D eigenvalue weighted by Gasteiger charge is 2.13. The monoisotopic (exact) mass is 481 g/mol. The van der Waals surface area contributed by atoms with Crippen LogP contribution in [-0.4, -0.2) is 31.7 Å². The third kappa shape index (κ3) is 6.24. The lowest BCUT2D eigenvalue weighted by Crippen LogP contribution is -2.22. The molecule has 0 heterocycles. The number of carbonyl (C=O) groups is 2. The maximum Gasteiger partial charge on any atom is 0.275 e. The van der Waals surface area contributed by atoms with Crippen LogP contribution in [0.25, 0.3) is 0 Å². The Morgan fingerprint density at radius 2 is 1.78 bits per heavy atom. The molecular formula is C19H20IN3O4.